The number of methoxy groups -OCH3 is 1. The standard InChI is InChI=1S/C16H20BrNO/c1-19-13-4-6-16(7-5-13)9-11-2-3-12(17)8-14(11)15(16)10-18/h2-3,8,10,13,15,18H,4-7,9H2,1H3. The van der Waals surface area contributed by atoms with Gasteiger partial charge in [0.2, 0.25) is 0 Å². The van der Waals surface area contributed by atoms with Crippen LogP contribution in [-0.2, 0) is 11.2 Å². The Morgan fingerprint density at radius 1 is 1.37 bits per heavy atom. The SMILES string of the molecule is COC1CCC2(CC1)Cc1ccc(Br)cc1C2C=N. The minimum atomic E-state index is 0.278. The fraction of sp³-hybridized carbons (Fsp3) is 0.562. The number of ether oxygens (including phenoxy) is 1. The van der Waals surface area contributed by atoms with Gasteiger partial charge in [0.15, 0.2) is 0 Å². The lowest BCUT2D eigenvalue weighted by Crippen LogP contribution is -2.34. The predicted molar refractivity (Wildman–Crippen MR) is 81.1 cm³/mol. The van der Waals surface area contributed by atoms with Crippen LogP contribution in [0.4, 0.5) is 0 Å². The summed E-state index contributed by atoms with van der Waals surface area (Å²) >= 11 is 3.56. The maximum absolute atomic E-state index is 7.89. The van der Waals surface area contributed by atoms with Gasteiger partial charge in [0.05, 0.1) is 6.10 Å². The van der Waals surface area contributed by atoms with Crippen molar-refractivity contribution in [2.45, 2.75) is 44.1 Å². The quantitative estimate of drug-likeness (QED) is 0.809. The second kappa shape index (κ2) is 5.02. The van der Waals surface area contributed by atoms with Crippen LogP contribution in [0.1, 0.15) is 42.7 Å². The van der Waals surface area contributed by atoms with Crippen LogP contribution in [0.2, 0.25) is 0 Å². The maximum Gasteiger partial charge on any atom is 0.0571 e. The fourth-order valence-electron chi connectivity index (χ4n) is 3.99. The Labute approximate surface area is 123 Å². The van der Waals surface area contributed by atoms with Gasteiger partial charge in [0.1, 0.15) is 0 Å². The lowest BCUT2D eigenvalue weighted by molar-refractivity contribution is 0.0272. The molecule has 3 heteroatoms. The number of hydrogen-bond acceptors (Lipinski definition) is 2. The van der Waals surface area contributed by atoms with Gasteiger partial charge in [0, 0.05) is 23.7 Å². The summed E-state index contributed by atoms with van der Waals surface area (Å²) in [7, 11) is 1.82. The van der Waals surface area contributed by atoms with Crippen molar-refractivity contribution in [3.63, 3.8) is 0 Å². The van der Waals surface area contributed by atoms with Gasteiger partial charge in [-0.05, 0) is 60.8 Å². The Bertz CT molecular complexity index is 492. The number of nitrogens with one attached hydrogen (secondary N) is 1. The third kappa shape index (κ3) is 2.17. The second-order valence-electron chi connectivity index (χ2n) is 5.96. The molecule has 2 nitrogen and oxygen atoms in total. The summed E-state index contributed by atoms with van der Waals surface area (Å²) in [4.78, 5) is 0. The Morgan fingerprint density at radius 2 is 2.11 bits per heavy atom. The molecule has 102 valence electrons. The van der Waals surface area contributed by atoms with Crippen molar-refractivity contribution in [3.05, 3.63) is 33.8 Å². The number of halogens is 1. The first-order valence-electron chi connectivity index (χ1n) is 7.00. The molecule has 3 rings (SSSR count). The molecule has 0 aromatic heterocycles. The van der Waals surface area contributed by atoms with Crippen molar-refractivity contribution in [2.24, 2.45) is 5.41 Å². The minimum Gasteiger partial charge on any atom is -0.381 e. The van der Waals surface area contributed by atoms with Crippen molar-refractivity contribution in [1.29, 1.82) is 5.41 Å². The molecule has 1 atom stereocenters. The van der Waals surface area contributed by atoms with E-state index in [9.17, 15) is 0 Å². The molecule has 0 amide bonds. The van der Waals surface area contributed by atoms with Crippen LogP contribution < -0.4 is 0 Å². The highest BCUT2D eigenvalue weighted by atomic mass is 79.9. The Kier molecular flexibility index (Phi) is 3.52. The molecule has 1 aromatic carbocycles. The van der Waals surface area contributed by atoms with Crippen LogP contribution in [0.3, 0.4) is 0 Å². The number of benzene rings is 1. The molecule has 0 radical (unpaired) electrons. The summed E-state index contributed by atoms with van der Waals surface area (Å²) in [5.74, 6) is 0.290. The van der Waals surface area contributed by atoms with Gasteiger partial charge in [-0.25, -0.2) is 0 Å². The van der Waals surface area contributed by atoms with Gasteiger partial charge in [-0.1, -0.05) is 22.0 Å². The Hall–Kier alpha value is -0.670. The molecular weight excluding hydrogens is 302 g/mol. The van der Waals surface area contributed by atoms with Gasteiger partial charge in [-0.2, -0.15) is 0 Å². The van der Waals surface area contributed by atoms with Gasteiger partial charge >= 0.3 is 0 Å². The molecule has 1 N–H and O–H groups in total. The summed E-state index contributed by atoms with van der Waals surface area (Å²) in [6, 6.07) is 6.56. The summed E-state index contributed by atoms with van der Waals surface area (Å²) in [6.45, 7) is 0. The first-order valence-corrected chi connectivity index (χ1v) is 7.79. The summed E-state index contributed by atoms with van der Waals surface area (Å²) in [5, 5.41) is 7.89. The highest BCUT2D eigenvalue weighted by Gasteiger charge is 2.46. The van der Waals surface area contributed by atoms with E-state index in [0.29, 0.717) is 6.10 Å². The molecule has 0 heterocycles. The molecule has 2 aliphatic rings. The number of hydrogen-bond donors (Lipinski definition) is 1. The van der Waals surface area contributed by atoms with Gasteiger partial charge < -0.3 is 10.1 Å². The Morgan fingerprint density at radius 3 is 2.74 bits per heavy atom. The molecule has 0 saturated heterocycles. The summed E-state index contributed by atoms with van der Waals surface area (Å²) in [5.41, 5.74) is 3.08. The zero-order valence-electron chi connectivity index (χ0n) is 11.3. The molecule has 19 heavy (non-hydrogen) atoms. The van der Waals surface area contributed by atoms with Gasteiger partial charge in [-0.15, -0.1) is 0 Å². The lowest BCUT2D eigenvalue weighted by Gasteiger charge is -2.40. The van der Waals surface area contributed by atoms with Crippen LogP contribution in [0, 0.1) is 10.8 Å². The Balaban J connectivity index is 1.91. The molecule has 0 aliphatic heterocycles. The first kappa shape index (κ1) is 13.3. The van der Waals surface area contributed by atoms with E-state index in [4.69, 9.17) is 10.1 Å². The van der Waals surface area contributed by atoms with Crippen LogP contribution in [-0.4, -0.2) is 19.4 Å². The van der Waals surface area contributed by atoms with Crippen molar-refractivity contribution in [2.75, 3.05) is 7.11 Å². The van der Waals surface area contributed by atoms with Crippen LogP contribution in [0.15, 0.2) is 22.7 Å². The van der Waals surface area contributed by atoms with E-state index in [1.807, 2.05) is 7.11 Å². The molecule has 1 spiro atoms. The van der Waals surface area contributed by atoms with Crippen molar-refractivity contribution in [3.8, 4) is 0 Å². The van der Waals surface area contributed by atoms with E-state index < -0.39 is 0 Å². The van der Waals surface area contributed by atoms with Crippen molar-refractivity contribution in [1.82, 2.24) is 0 Å². The zero-order chi connectivity index (χ0) is 13.5. The normalized spacial score (nSPS) is 33.4. The van der Waals surface area contributed by atoms with Crippen LogP contribution in [0.5, 0.6) is 0 Å². The predicted octanol–water partition coefficient (Wildman–Crippen LogP) is 4.31. The maximum atomic E-state index is 7.89. The highest BCUT2D eigenvalue weighted by Crippen LogP contribution is 2.55. The van der Waals surface area contributed by atoms with Gasteiger partial charge in [-0.3, -0.25) is 0 Å². The van der Waals surface area contributed by atoms with Gasteiger partial charge in [0.25, 0.3) is 0 Å². The number of rotatable bonds is 2. The van der Waals surface area contributed by atoms with E-state index in [1.165, 1.54) is 24.0 Å². The van der Waals surface area contributed by atoms with Crippen molar-refractivity contribution < 1.29 is 4.74 Å². The summed E-state index contributed by atoms with van der Waals surface area (Å²) < 4.78 is 6.62. The second-order valence-corrected chi connectivity index (χ2v) is 6.88. The van der Waals surface area contributed by atoms with E-state index >= 15 is 0 Å². The third-order valence-corrected chi connectivity index (χ3v) is 5.57. The smallest absolute Gasteiger partial charge is 0.0571 e. The third-order valence-electron chi connectivity index (χ3n) is 5.07. The van der Waals surface area contributed by atoms with E-state index in [-0.39, 0.29) is 11.3 Å². The average Bonchev–Trinajstić information content (AvgIpc) is 2.72. The lowest BCUT2D eigenvalue weighted by atomic mass is 9.66. The molecule has 0 bridgehead atoms. The topological polar surface area (TPSA) is 33.1 Å². The molecule has 1 aromatic rings. The van der Waals surface area contributed by atoms with Crippen LogP contribution >= 0.6 is 15.9 Å². The zero-order valence-corrected chi connectivity index (χ0v) is 12.9. The van der Waals surface area contributed by atoms with E-state index in [2.05, 4.69) is 34.1 Å². The molecule has 1 fully saturated rings. The molecule has 1 unspecified atom stereocenters. The fourth-order valence-corrected chi connectivity index (χ4v) is 4.37. The monoisotopic (exact) mass is 321 g/mol. The average molecular weight is 322 g/mol. The molecular formula is C16H20BrNO. The van der Waals surface area contributed by atoms with Crippen molar-refractivity contribution >= 4 is 22.1 Å². The van der Waals surface area contributed by atoms with Crippen LogP contribution in [0.25, 0.3) is 0 Å². The first-order chi connectivity index (χ1) is 9.18. The minimum absolute atomic E-state index is 0.278. The van der Waals surface area contributed by atoms with E-state index in [1.54, 1.807) is 6.21 Å². The molecule has 2 aliphatic carbocycles. The van der Waals surface area contributed by atoms with E-state index in [0.717, 1.165) is 23.7 Å². The summed E-state index contributed by atoms with van der Waals surface area (Å²) in [6.07, 6.45) is 7.85. The number of fused-ring (bicyclic) bond motifs is 1. The largest absolute Gasteiger partial charge is 0.381 e. The highest BCUT2D eigenvalue weighted by molar-refractivity contribution is 9.10. The molecule has 1 saturated carbocycles.